The highest BCUT2D eigenvalue weighted by molar-refractivity contribution is 7.89. The second-order valence-corrected chi connectivity index (χ2v) is 12.0. The first-order chi connectivity index (χ1) is 19.6. The summed E-state index contributed by atoms with van der Waals surface area (Å²) in [5.41, 5.74) is 1.54. The average Bonchev–Trinajstić information content (AvgIpc) is 2.97. The van der Waals surface area contributed by atoms with E-state index in [2.05, 4.69) is 4.98 Å². The minimum absolute atomic E-state index is 0.00349. The van der Waals surface area contributed by atoms with Crippen LogP contribution in [0, 0.1) is 5.92 Å². The number of hydroxylamine groups is 2. The van der Waals surface area contributed by atoms with Crippen LogP contribution in [0.25, 0.3) is 0 Å². The Labute approximate surface area is 239 Å². The Hall–Kier alpha value is -3.87. The fraction of sp³-hybridized carbons (Fsp3) is 0.379. The van der Waals surface area contributed by atoms with Gasteiger partial charge in [-0.1, -0.05) is 32.0 Å². The molecular formula is C29H35N3O8S. The van der Waals surface area contributed by atoms with Crippen LogP contribution in [0.15, 0.2) is 71.8 Å². The number of pyridine rings is 1. The molecule has 0 radical (unpaired) electrons. The normalized spacial score (nSPS) is 13.7. The lowest BCUT2D eigenvalue weighted by atomic mass is 10.0. The topological polar surface area (TPSA) is 139 Å². The lowest BCUT2D eigenvalue weighted by Gasteiger charge is -2.29. The van der Waals surface area contributed by atoms with Crippen molar-refractivity contribution in [2.75, 3.05) is 26.3 Å². The zero-order valence-electron chi connectivity index (χ0n) is 23.0. The molecule has 2 heterocycles. The number of ether oxygens (including phenoxy) is 3. The summed E-state index contributed by atoms with van der Waals surface area (Å²) in [6.45, 7) is 5.03. The number of fused-ring (bicyclic) bond motifs is 1. The monoisotopic (exact) mass is 585 g/mol. The van der Waals surface area contributed by atoms with E-state index in [1.54, 1.807) is 36.5 Å². The molecule has 1 aromatic heterocycles. The highest BCUT2D eigenvalue weighted by Gasteiger charge is 2.30. The molecule has 0 saturated heterocycles. The fourth-order valence-corrected chi connectivity index (χ4v) is 6.08. The molecule has 11 nitrogen and oxygen atoms in total. The largest absolute Gasteiger partial charge is 0.487 e. The van der Waals surface area contributed by atoms with E-state index >= 15 is 0 Å². The number of benzene rings is 2. The minimum atomic E-state index is -3.95. The maximum Gasteiger partial charge on any atom is 0.431 e. The number of carboxylic acid groups (broad SMARTS) is 1. The average molecular weight is 586 g/mol. The van der Waals surface area contributed by atoms with E-state index in [-0.39, 0.29) is 41.8 Å². The lowest BCUT2D eigenvalue weighted by Crippen LogP contribution is -2.42. The predicted molar refractivity (Wildman–Crippen MR) is 150 cm³/mol. The van der Waals surface area contributed by atoms with Crippen LogP contribution in [0.2, 0.25) is 0 Å². The quantitative estimate of drug-likeness (QED) is 0.220. The van der Waals surface area contributed by atoms with Crippen LogP contribution in [0.5, 0.6) is 17.2 Å². The molecular weight excluding hydrogens is 550 g/mol. The van der Waals surface area contributed by atoms with Crippen LogP contribution in [0.1, 0.15) is 31.5 Å². The molecule has 41 heavy (non-hydrogen) atoms. The zero-order chi connectivity index (χ0) is 29.4. The number of hydrogen-bond acceptors (Lipinski definition) is 8. The van der Waals surface area contributed by atoms with Gasteiger partial charge in [0.2, 0.25) is 10.0 Å². The van der Waals surface area contributed by atoms with E-state index in [1.165, 1.54) is 16.4 Å². The van der Waals surface area contributed by atoms with Gasteiger partial charge in [-0.05, 0) is 60.7 Å². The van der Waals surface area contributed by atoms with Crippen molar-refractivity contribution in [2.24, 2.45) is 5.92 Å². The fourth-order valence-electron chi connectivity index (χ4n) is 4.44. The maximum absolute atomic E-state index is 13.6. The van der Waals surface area contributed by atoms with E-state index < -0.39 is 22.2 Å². The van der Waals surface area contributed by atoms with Gasteiger partial charge in [0.15, 0.2) is 11.5 Å². The molecule has 1 amide bonds. The van der Waals surface area contributed by atoms with Crippen LogP contribution in [0.3, 0.4) is 0 Å². The van der Waals surface area contributed by atoms with Gasteiger partial charge < -0.3 is 19.3 Å². The summed E-state index contributed by atoms with van der Waals surface area (Å²) in [6, 6.07) is 16.3. The van der Waals surface area contributed by atoms with Crippen LogP contribution >= 0.6 is 0 Å². The molecule has 0 spiro atoms. The third-order valence-electron chi connectivity index (χ3n) is 6.48. The summed E-state index contributed by atoms with van der Waals surface area (Å²) in [5, 5.41) is 20.1. The van der Waals surface area contributed by atoms with Crippen LogP contribution < -0.4 is 14.2 Å². The molecule has 0 fully saturated rings. The number of aromatic nitrogens is 1. The molecule has 0 aliphatic carbocycles. The molecule has 3 aromatic rings. The maximum atomic E-state index is 13.6. The van der Waals surface area contributed by atoms with Gasteiger partial charge in [-0.15, -0.1) is 0 Å². The molecule has 0 saturated carbocycles. The van der Waals surface area contributed by atoms with E-state index in [9.17, 15) is 23.5 Å². The molecule has 4 rings (SSSR count). The van der Waals surface area contributed by atoms with Gasteiger partial charge >= 0.3 is 6.09 Å². The van der Waals surface area contributed by atoms with Crippen LogP contribution in [0.4, 0.5) is 4.79 Å². The van der Waals surface area contributed by atoms with Crippen molar-refractivity contribution < 1.29 is 37.7 Å². The smallest absolute Gasteiger partial charge is 0.431 e. The Morgan fingerprint density at radius 1 is 1.05 bits per heavy atom. The first kappa shape index (κ1) is 30.1. The second-order valence-electron chi connectivity index (χ2n) is 10.1. The van der Waals surface area contributed by atoms with Crippen molar-refractivity contribution in [3.05, 3.63) is 78.1 Å². The number of nitrogens with zero attached hydrogens (tertiary/aromatic N) is 3. The Balaban J connectivity index is 1.46. The molecule has 2 aromatic carbocycles. The van der Waals surface area contributed by atoms with Crippen LogP contribution in [-0.2, 0) is 23.1 Å². The Morgan fingerprint density at radius 3 is 2.44 bits per heavy atom. The number of sulfonamides is 1. The highest BCUT2D eigenvalue weighted by Crippen LogP contribution is 2.33. The number of rotatable bonds is 13. The number of amides is 1. The Morgan fingerprint density at radius 2 is 1.78 bits per heavy atom. The van der Waals surface area contributed by atoms with Crippen molar-refractivity contribution in [1.82, 2.24) is 14.4 Å². The van der Waals surface area contributed by atoms with E-state index in [0.717, 1.165) is 11.3 Å². The number of carbonyl (C=O) groups is 1. The molecule has 1 aliphatic heterocycles. The summed E-state index contributed by atoms with van der Waals surface area (Å²) in [6.07, 6.45) is 0.407. The van der Waals surface area contributed by atoms with Crippen molar-refractivity contribution in [1.29, 1.82) is 0 Å². The summed E-state index contributed by atoms with van der Waals surface area (Å²) in [5.74, 6) is 1.46. The molecule has 2 N–H and O–H groups in total. The number of hydrogen-bond donors (Lipinski definition) is 2. The van der Waals surface area contributed by atoms with Gasteiger partial charge in [0, 0.05) is 25.4 Å². The summed E-state index contributed by atoms with van der Waals surface area (Å²) < 4.78 is 45.5. The highest BCUT2D eigenvalue weighted by atomic mass is 32.2. The van der Waals surface area contributed by atoms with Crippen molar-refractivity contribution in [2.45, 2.75) is 44.2 Å². The third kappa shape index (κ3) is 8.09. The van der Waals surface area contributed by atoms with Gasteiger partial charge in [-0.2, -0.15) is 9.37 Å². The first-order valence-corrected chi connectivity index (χ1v) is 14.8. The van der Waals surface area contributed by atoms with Crippen molar-refractivity contribution >= 4 is 16.1 Å². The zero-order valence-corrected chi connectivity index (χ0v) is 23.9. The van der Waals surface area contributed by atoms with Crippen molar-refractivity contribution in [3.8, 4) is 17.2 Å². The second kappa shape index (κ2) is 13.7. The lowest BCUT2D eigenvalue weighted by molar-refractivity contribution is -0.0984. The molecule has 12 heteroatoms. The molecule has 1 unspecified atom stereocenters. The van der Waals surface area contributed by atoms with Crippen LogP contribution in [-0.4, -0.2) is 71.5 Å². The van der Waals surface area contributed by atoms with Gasteiger partial charge in [-0.3, -0.25) is 10.2 Å². The molecule has 0 bridgehead atoms. The molecule has 1 aliphatic rings. The predicted octanol–water partition coefficient (Wildman–Crippen LogP) is 4.45. The summed E-state index contributed by atoms with van der Waals surface area (Å²) in [7, 11) is -3.95. The van der Waals surface area contributed by atoms with E-state index in [1.807, 2.05) is 32.0 Å². The van der Waals surface area contributed by atoms with E-state index in [4.69, 9.17) is 14.2 Å². The van der Waals surface area contributed by atoms with E-state index in [0.29, 0.717) is 37.1 Å². The third-order valence-corrected chi connectivity index (χ3v) is 8.34. The minimum Gasteiger partial charge on any atom is -0.487 e. The Bertz CT molecular complexity index is 1400. The van der Waals surface area contributed by atoms with Gasteiger partial charge in [-0.25, -0.2) is 13.2 Å². The van der Waals surface area contributed by atoms with Crippen molar-refractivity contribution in [3.63, 3.8) is 0 Å². The first-order valence-electron chi connectivity index (χ1n) is 13.4. The standard InChI is InChI=1S/C29H35N3O8S/c1-21(2)19-31(41(36,37)26-10-11-27-28(18-26)39-16-15-38-27)14-12-24(32(35)29(33)34)17-22-6-8-25(9-7-22)40-20-23-5-3-4-13-30-23/h3-11,13,18,21,24,35H,12,14-17,19-20H2,1-2H3,(H,33,34). The van der Waals surface area contributed by atoms with Gasteiger partial charge in [0.05, 0.1) is 16.6 Å². The Kier molecular flexibility index (Phi) is 10.0. The van der Waals surface area contributed by atoms with Gasteiger partial charge in [0.1, 0.15) is 25.6 Å². The SMILES string of the molecule is CC(C)CN(CCC(Cc1ccc(OCc2ccccn2)cc1)N(O)C(=O)O)S(=O)(=O)c1ccc2c(c1)OCCO2. The summed E-state index contributed by atoms with van der Waals surface area (Å²) in [4.78, 5) is 16.0. The summed E-state index contributed by atoms with van der Waals surface area (Å²) >= 11 is 0. The molecule has 220 valence electrons. The molecule has 1 atom stereocenters. The van der Waals surface area contributed by atoms with Gasteiger partial charge in [0.25, 0.3) is 0 Å².